The van der Waals surface area contributed by atoms with Crippen molar-refractivity contribution in [2.75, 3.05) is 7.11 Å². The van der Waals surface area contributed by atoms with Crippen molar-refractivity contribution in [1.29, 1.82) is 0 Å². The number of rotatable bonds is 3. The molecular formula is C28H19NO7. The summed E-state index contributed by atoms with van der Waals surface area (Å²) in [5.74, 6) is -1.00. The van der Waals surface area contributed by atoms with Crippen LogP contribution in [0.25, 0.3) is 33.0 Å². The Kier molecular flexibility index (Phi) is 4.89. The molecule has 8 nitrogen and oxygen atoms in total. The monoisotopic (exact) mass is 481 g/mol. The number of H-pyrrole nitrogens is 1. The molecule has 178 valence electrons. The van der Waals surface area contributed by atoms with Gasteiger partial charge >= 0.3 is 5.97 Å². The number of hydrogen-bond acceptors (Lipinski definition) is 7. The van der Waals surface area contributed by atoms with Gasteiger partial charge in [0, 0.05) is 28.6 Å². The molecule has 0 bridgehead atoms. The van der Waals surface area contributed by atoms with Crippen LogP contribution in [0.15, 0.2) is 80.9 Å². The van der Waals surface area contributed by atoms with E-state index in [1.54, 1.807) is 43.5 Å². The summed E-state index contributed by atoms with van der Waals surface area (Å²) < 4.78 is 16.5. The molecule has 1 aliphatic heterocycles. The molecule has 6 rings (SSSR count). The summed E-state index contributed by atoms with van der Waals surface area (Å²) in [5.41, 5.74) is 1.43. The molecule has 5 aromatic rings. The molecule has 0 spiro atoms. The molecule has 2 aromatic heterocycles. The topological polar surface area (TPSA) is 119 Å². The normalized spacial score (nSPS) is 15.0. The third kappa shape index (κ3) is 3.34. The number of carbonyl (C=O) groups excluding carboxylic acids is 1. The maximum atomic E-state index is 13.5. The molecule has 3 heterocycles. The Morgan fingerprint density at radius 2 is 1.81 bits per heavy atom. The van der Waals surface area contributed by atoms with Crippen LogP contribution in [-0.2, 0) is 4.79 Å². The number of benzene rings is 3. The number of nitrogens with one attached hydrogen (secondary N) is 1. The molecule has 0 aliphatic carbocycles. The van der Waals surface area contributed by atoms with Crippen molar-refractivity contribution in [2.45, 2.75) is 12.3 Å². The van der Waals surface area contributed by atoms with Gasteiger partial charge in [-0.1, -0.05) is 30.3 Å². The van der Waals surface area contributed by atoms with Gasteiger partial charge in [-0.3, -0.25) is 14.4 Å². The predicted octanol–water partition coefficient (Wildman–Crippen LogP) is 4.46. The van der Waals surface area contributed by atoms with Gasteiger partial charge in [-0.25, -0.2) is 0 Å². The van der Waals surface area contributed by atoms with Crippen LogP contribution in [0.1, 0.15) is 23.5 Å². The van der Waals surface area contributed by atoms with Crippen LogP contribution >= 0.6 is 0 Å². The van der Waals surface area contributed by atoms with E-state index in [1.807, 2.05) is 18.2 Å². The lowest BCUT2D eigenvalue weighted by atomic mass is 9.85. The summed E-state index contributed by atoms with van der Waals surface area (Å²) in [7, 11) is 1.55. The minimum absolute atomic E-state index is 0.0501. The lowest BCUT2D eigenvalue weighted by Gasteiger charge is -2.25. The highest BCUT2D eigenvalue weighted by Crippen LogP contribution is 2.45. The van der Waals surface area contributed by atoms with Crippen LogP contribution < -0.4 is 20.5 Å². The highest BCUT2D eigenvalue weighted by atomic mass is 16.5. The summed E-state index contributed by atoms with van der Waals surface area (Å²) in [6.07, 6.45) is 1.18. The van der Waals surface area contributed by atoms with E-state index in [-0.39, 0.29) is 40.0 Å². The molecule has 3 aromatic carbocycles. The molecule has 0 fully saturated rings. The van der Waals surface area contributed by atoms with E-state index >= 15 is 0 Å². The Morgan fingerprint density at radius 1 is 1.03 bits per heavy atom. The number of aromatic hydroxyl groups is 1. The molecule has 0 unspecified atom stereocenters. The summed E-state index contributed by atoms with van der Waals surface area (Å²) >= 11 is 0. The largest absolute Gasteiger partial charge is 0.507 e. The predicted molar refractivity (Wildman–Crippen MR) is 133 cm³/mol. The van der Waals surface area contributed by atoms with Crippen LogP contribution in [0.2, 0.25) is 0 Å². The first-order valence-electron chi connectivity index (χ1n) is 11.2. The Hall–Kier alpha value is -4.85. The highest BCUT2D eigenvalue weighted by Gasteiger charge is 2.35. The van der Waals surface area contributed by atoms with Gasteiger partial charge < -0.3 is 24.0 Å². The summed E-state index contributed by atoms with van der Waals surface area (Å²) in [5, 5.41) is 11.5. The zero-order valence-electron chi connectivity index (χ0n) is 19.0. The van der Waals surface area contributed by atoms with E-state index < -0.39 is 17.3 Å². The van der Waals surface area contributed by atoms with Crippen LogP contribution in [0.3, 0.4) is 0 Å². The first kappa shape index (κ1) is 21.7. The second kappa shape index (κ2) is 8.13. The van der Waals surface area contributed by atoms with Crippen molar-refractivity contribution >= 4 is 27.8 Å². The third-order valence-electron chi connectivity index (χ3n) is 6.53. The number of aromatic nitrogens is 1. The molecule has 0 saturated heterocycles. The summed E-state index contributed by atoms with van der Waals surface area (Å²) in [6, 6.07) is 17.1. The molecule has 36 heavy (non-hydrogen) atoms. The van der Waals surface area contributed by atoms with Gasteiger partial charge in [-0.15, -0.1) is 0 Å². The Labute approximate surface area is 203 Å². The van der Waals surface area contributed by atoms with Gasteiger partial charge in [-0.05, 0) is 35.2 Å². The first-order valence-corrected chi connectivity index (χ1v) is 11.2. The number of aromatic amines is 1. The zero-order valence-corrected chi connectivity index (χ0v) is 19.0. The lowest BCUT2D eigenvalue weighted by Crippen LogP contribution is -2.26. The molecular weight excluding hydrogens is 462 g/mol. The molecule has 0 amide bonds. The minimum Gasteiger partial charge on any atom is -0.507 e. The van der Waals surface area contributed by atoms with Crippen LogP contribution in [0.4, 0.5) is 0 Å². The fourth-order valence-corrected chi connectivity index (χ4v) is 4.79. The van der Waals surface area contributed by atoms with E-state index in [0.717, 1.165) is 5.39 Å². The van der Waals surface area contributed by atoms with E-state index in [0.29, 0.717) is 28.0 Å². The van der Waals surface area contributed by atoms with E-state index in [2.05, 4.69) is 4.98 Å². The second-order valence-electron chi connectivity index (χ2n) is 8.59. The van der Waals surface area contributed by atoms with Gasteiger partial charge in [-0.2, -0.15) is 0 Å². The van der Waals surface area contributed by atoms with Gasteiger partial charge in [0.1, 0.15) is 34.5 Å². The molecule has 2 N–H and O–H groups in total. The lowest BCUT2D eigenvalue weighted by molar-refractivity contribution is -0.135. The second-order valence-corrected chi connectivity index (χ2v) is 8.59. The van der Waals surface area contributed by atoms with Crippen molar-refractivity contribution in [3.63, 3.8) is 0 Å². The van der Waals surface area contributed by atoms with Crippen LogP contribution in [-0.4, -0.2) is 23.2 Å². The SMILES string of the molecule is COc1ccc(-c2coc3c4c(cc(O)c3c2=O)OC(=O)C[C@@H]4c2cc3ccccc3[nH]c2=O)cc1. The maximum absolute atomic E-state index is 13.5. The van der Waals surface area contributed by atoms with Crippen LogP contribution in [0, 0.1) is 0 Å². The third-order valence-corrected chi connectivity index (χ3v) is 6.53. The maximum Gasteiger partial charge on any atom is 0.312 e. The van der Waals surface area contributed by atoms with Crippen molar-refractivity contribution in [3.8, 4) is 28.4 Å². The summed E-state index contributed by atoms with van der Waals surface area (Å²) in [4.78, 5) is 41.9. The van der Waals surface area contributed by atoms with Gasteiger partial charge in [0.05, 0.1) is 19.1 Å². The minimum atomic E-state index is -0.743. The number of fused-ring (bicyclic) bond motifs is 4. The number of pyridine rings is 1. The number of hydrogen-bond donors (Lipinski definition) is 2. The first-order chi connectivity index (χ1) is 17.4. The molecule has 0 radical (unpaired) electrons. The van der Waals surface area contributed by atoms with Gasteiger partial charge in [0.2, 0.25) is 5.43 Å². The fourth-order valence-electron chi connectivity index (χ4n) is 4.79. The highest BCUT2D eigenvalue weighted by molar-refractivity contribution is 5.94. The number of phenolic OH excluding ortho intramolecular Hbond substituents is 1. The zero-order chi connectivity index (χ0) is 25.0. The number of para-hydroxylation sites is 1. The molecule has 1 atom stereocenters. The average Bonchev–Trinajstić information content (AvgIpc) is 2.87. The van der Waals surface area contributed by atoms with Gasteiger partial charge in [0.15, 0.2) is 0 Å². The van der Waals surface area contributed by atoms with E-state index in [1.165, 1.54) is 12.3 Å². The molecule has 0 saturated carbocycles. The smallest absolute Gasteiger partial charge is 0.312 e. The van der Waals surface area contributed by atoms with Crippen molar-refractivity contribution in [1.82, 2.24) is 4.98 Å². The number of esters is 1. The molecule has 8 heteroatoms. The summed E-state index contributed by atoms with van der Waals surface area (Å²) in [6.45, 7) is 0. The van der Waals surface area contributed by atoms with Crippen LogP contribution in [0.5, 0.6) is 17.2 Å². The van der Waals surface area contributed by atoms with E-state index in [4.69, 9.17) is 13.9 Å². The molecule has 1 aliphatic rings. The average molecular weight is 481 g/mol. The number of methoxy groups -OCH3 is 1. The van der Waals surface area contributed by atoms with E-state index in [9.17, 15) is 19.5 Å². The Morgan fingerprint density at radius 3 is 2.58 bits per heavy atom. The van der Waals surface area contributed by atoms with Crippen molar-refractivity contribution < 1.29 is 23.8 Å². The number of carbonyl (C=O) groups is 1. The Bertz CT molecular complexity index is 1800. The fraction of sp³-hybridized carbons (Fsp3) is 0.107. The standard InChI is InChI=1S/C28H19NO7/c1-34-16-8-6-14(7-9-16)19-13-35-27-24-17(18-10-15-4-2-3-5-20(15)29-28(18)33)11-23(31)36-22(24)12-21(30)25(27)26(19)32/h2-10,12-13,17,30H,11H2,1H3,(H,29,33)/t17-/m1/s1. The van der Waals surface area contributed by atoms with Crippen molar-refractivity contribution in [2.24, 2.45) is 0 Å². The van der Waals surface area contributed by atoms with Gasteiger partial charge in [0.25, 0.3) is 5.56 Å². The Balaban J connectivity index is 1.60. The number of ether oxygens (including phenoxy) is 2. The quantitative estimate of drug-likeness (QED) is 0.289. The number of phenols is 1. The van der Waals surface area contributed by atoms with Crippen molar-refractivity contribution in [3.05, 3.63) is 98.6 Å².